The molecule has 0 spiro atoms. The minimum absolute atomic E-state index is 0.102. The first-order valence-electron chi connectivity index (χ1n) is 6.29. The number of alkyl halides is 3. The number of benzene rings is 1. The number of rotatable bonds is 4. The van der Waals surface area contributed by atoms with Crippen molar-refractivity contribution in [2.24, 2.45) is 5.92 Å². The first kappa shape index (κ1) is 15.2. The van der Waals surface area contributed by atoms with Crippen molar-refractivity contribution >= 4 is 23.4 Å². The lowest BCUT2D eigenvalue weighted by Crippen LogP contribution is -2.18. The quantitative estimate of drug-likeness (QED) is 0.839. The van der Waals surface area contributed by atoms with Gasteiger partial charge in [0.05, 0.1) is 0 Å². The Labute approximate surface area is 119 Å². The van der Waals surface area contributed by atoms with Crippen LogP contribution in [0, 0.1) is 5.92 Å². The molecule has 1 fully saturated rings. The zero-order valence-corrected chi connectivity index (χ0v) is 11.5. The molecule has 1 aromatic carbocycles. The highest BCUT2D eigenvalue weighted by atomic mass is 32.2. The summed E-state index contributed by atoms with van der Waals surface area (Å²) in [5, 5.41) is 5.88. The van der Waals surface area contributed by atoms with E-state index in [1.54, 1.807) is 0 Å². The molecule has 1 atom stereocenters. The van der Waals surface area contributed by atoms with Gasteiger partial charge >= 0.3 is 5.51 Å². The third-order valence-electron chi connectivity index (χ3n) is 3.01. The van der Waals surface area contributed by atoms with Gasteiger partial charge < -0.3 is 10.6 Å². The van der Waals surface area contributed by atoms with E-state index in [1.165, 1.54) is 24.3 Å². The molecule has 2 rings (SSSR count). The highest BCUT2D eigenvalue weighted by Gasteiger charge is 2.29. The lowest BCUT2D eigenvalue weighted by Gasteiger charge is -2.10. The predicted molar refractivity (Wildman–Crippen MR) is 72.6 cm³/mol. The monoisotopic (exact) mass is 304 g/mol. The number of anilines is 1. The maximum absolute atomic E-state index is 12.2. The first-order chi connectivity index (χ1) is 9.42. The van der Waals surface area contributed by atoms with E-state index in [0.717, 1.165) is 19.5 Å². The minimum Gasteiger partial charge on any atom is -0.326 e. The molecule has 1 aromatic rings. The second-order valence-corrected chi connectivity index (χ2v) is 5.82. The molecule has 110 valence electrons. The third-order valence-corrected chi connectivity index (χ3v) is 3.75. The maximum atomic E-state index is 12.2. The van der Waals surface area contributed by atoms with Gasteiger partial charge in [0.1, 0.15) is 0 Å². The number of hydrogen-bond acceptors (Lipinski definition) is 3. The highest BCUT2D eigenvalue weighted by molar-refractivity contribution is 8.00. The average molecular weight is 304 g/mol. The second-order valence-electron chi connectivity index (χ2n) is 4.68. The number of amides is 1. The molecule has 0 saturated carbocycles. The summed E-state index contributed by atoms with van der Waals surface area (Å²) >= 11 is -0.166. The molecule has 1 unspecified atom stereocenters. The predicted octanol–water partition coefficient (Wildman–Crippen LogP) is 3.24. The molecule has 0 aromatic heterocycles. The van der Waals surface area contributed by atoms with Crippen LogP contribution in [0.4, 0.5) is 18.9 Å². The number of carbonyl (C=O) groups excluding carboxylic acids is 1. The second kappa shape index (κ2) is 6.49. The van der Waals surface area contributed by atoms with E-state index in [4.69, 9.17) is 0 Å². The lowest BCUT2D eigenvalue weighted by atomic mass is 10.0. The topological polar surface area (TPSA) is 41.1 Å². The fourth-order valence-corrected chi connectivity index (χ4v) is 2.64. The number of hydrogen-bond donors (Lipinski definition) is 2. The van der Waals surface area contributed by atoms with Crippen LogP contribution in [0.15, 0.2) is 29.2 Å². The van der Waals surface area contributed by atoms with Gasteiger partial charge in [-0.15, -0.1) is 0 Å². The van der Waals surface area contributed by atoms with Gasteiger partial charge in [-0.2, -0.15) is 13.2 Å². The number of carbonyl (C=O) groups is 1. The van der Waals surface area contributed by atoms with Crippen LogP contribution in [0.5, 0.6) is 0 Å². The van der Waals surface area contributed by atoms with Gasteiger partial charge in [0.25, 0.3) is 0 Å². The molecule has 1 saturated heterocycles. The van der Waals surface area contributed by atoms with Crippen LogP contribution >= 0.6 is 11.8 Å². The van der Waals surface area contributed by atoms with Crippen LogP contribution in [0.1, 0.15) is 12.8 Å². The minimum atomic E-state index is -4.29. The Morgan fingerprint density at radius 1 is 1.35 bits per heavy atom. The summed E-state index contributed by atoms with van der Waals surface area (Å²) < 4.78 is 36.5. The van der Waals surface area contributed by atoms with Gasteiger partial charge in [-0.3, -0.25) is 4.79 Å². The van der Waals surface area contributed by atoms with Crippen LogP contribution in [0.3, 0.4) is 0 Å². The van der Waals surface area contributed by atoms with Crippen molar-refractivity contribution < 1.29 is 18.0 Å². The molecule has 2 N–H and O–H groups in total. The molecule has 0 aliphatic carbocycles. The molecule has 3 nitrogen and oxygen atoms in total. The number of thioether (sulfide) groups is 1. The molecule has 7 heteroatoms. The summed E-state index contributed by atoms with van der Waals surface area (Å²) in [5.74, 6) is 0.241. The van der Waals surface area contributed by atoms with Gasteiger partial charge in [-0.05, 0) is 61.5 Å². The van der Waals surface area contributed by atoms with Crippen molar-refractivity contribution in [2.75, 3.05) is 18.4 Å². The smallest absolute Gasteiger partial charge is 0.326 e. The van der Waals surface area contributed by atoms with Gasteiger partial charge in [-0.1, -0.05) is 0 Å². The van der Waals surface area contributed by atoms with Crippen LogP contribution in [0.2, 0.25) is 0 Å². The van der Waals surface area contributed by atoms with Gasteiger partial charge in [0, 0.05) is 17.0 Å². The normalized spacial score (nSPS) is 19.1. The van der Waals surface area contributed by atoms with E-state index in [0.29, 0.717) is 18.0 Å². The van der Waals surface area contributed by atoms with Crippen molar-refractivity contribution in [2.45, 2.75) is 23.2 Å². The Kier molecular flexibility index (Phi) is 4.93. The third kappa shape index (κ3) is 5.05. The van der Waals surface area contributed by atoms with Crippen LogP contribution in [-0.4, -0.2) is 24.5 Å². The molecule has 0 bridgehead atoms. The van der Waals surface area contributed by atoms with Gasteiger partial charge in [0.2, 0.25) is 5.91 Å². The SMILES string of the molecule is O=C(CC1CCNC1)Nc1ccc(SC(F)(F)F)cc1. The van der Waals surface area contributed by atoms with Crippen molar-refractivity contribution in [1.82, 2.24) is 5.32 Å². The average Bonchev–Trinajstić information content (AvgIpc) is 2.82. The van der Waals surface area contributed by atoms with Crippen LogP contribution in [0.25, 0.3) is 0 Å². The largest absolute Gasteiger partial charge is 0.446 e. The van der Waals surface area contributed by atoms with E-state index >= 15 is 0 Å². The van der Waals surface area contributed by atoms with Crippen LogP contribution in [-0.2, 0) is 4.79 Å². The molecule has 1 aliphatic rings. The molecule has 20 heavy (non-hydrogen) atoms. The Balaban J connectivity index is 1.85. The maximum Gasteiger partial charge on any atom is 0.446 e. The van der Waals surface area contributed by atoms with E-state index in [1.807, 2.05) is 0 Å². The standard InChI is InChI=1S/C13H15F3N2OS/c14-13(15,16)20-11-3-1-10(2-4-11)18-12(19)7-9-5-6-17-8-9/h1-4,9,17H,5-8H2,(H,18,19). The molecular weight excluding hydrogens is 289 g/mol. The molecule has 1 aliphatic heterocycles. The fourth-order valence-electron chi connectivity index (χ4n) is 2.10. The summed E-state index contributed by atoms with van der Waals surface area (Å²) in [4.78, 5) is 11.9. The van der Waals surface area contributed by atoms with Crippen molar-refractivity contribution in [3.63, 3.8) is 0 Å². The highest BCUT2D eigenvalue weighted by Crippen LogP contribution is 2.37. The van der Waals surface area contributed by atoms with Crippen LogP contribution < -0.4 is 10.6 Å². The first-order valence-corrected chi connectivity index (χ1v) is 7.10. The van der Waals surface area contributed by atoms with Crippen molar-refractivity contribution in [1.29, 1.82) is 0 Å². The van der Waals surface area contributed by atoms with Gasteiger partial charge in [0.15, 0.2) is 0 Å². The number of halogens is 3. The molecule has 1 amide bonds. The summed E-state index contributed by atoms with van der Waals surface area (Å²) in [6.07, 6.45) is 1.42. The summed E-state index contributed by atoms with van der Waals surface area (Å²) in [5.41, 5.74) is -3.77. The van der Waals surface area contributed by atoms with Crippen molar-refractivity contribution in [3.8, 4) is 0 Å². The Morgan fingerprint density at radius 2 is 2.05 bits per heavy atom. The Bertz CT molecular complexity index is 456. The zero-order valence-electron chi connectivity index (χ0n) is 10.7. The van der Waals surface area contributed by atoms with E-state index in [2.05, 4.69) is 10.6 Å². The molecular formula is C13H15F3N2OS. The molecule has 0 radical (unpaired) electrons. The fraction of sp³-hybridized carbons (Fsp3) is 0.462. The van der Waals surface area contributed by atoms with E-state index < -0.39 is 5.51 Å². The Hall–Kier alpha value is -1.21. The van der Waals surface area contributed by atoms with Gasteiger partial charge in [-0.25, -0.2) is 0 Å². The summed E-state index contributed by atoms with van der Waals surface area (Å²) in [7, 11) is 0. The number of nitrogens with one attached hydrogen (secondary N) is 2. The lowest BCUT2D eigenvalue weighted by molar-refractivity contribution is -0.117. The van der Waals surface area contributed by atoms with E-state index in [-0.39, 0.29) is 22.6 Å². The Morgan fingerprint density at radius 3 is 2.60 bits per heavy atom. The van der Waals surface area contributed by atoms with E-state index in [9.17, 15) is 18.0 Å². The molecule has 1 heterocycles. The summed E-state index contributed by atoms with van der Waals surface area (Å²) in [6, 6.07) is 5.67. The zero-order chi connectivity index (χ0) is 14.6. The summed E-state index contributed by atoms with van der Waals surface area (Å²) in [6.45, 7) is 1.77. The van der Waals surface area contributed by atoms with Crippen molar-refractivity contribution in [3.05, 3.63) is 24.3 Å².